The second-order valence-corrected chi connectivity index (χ2v) is 5.56. The number of carbonyl (C=O) groups excluding carboxylic acids is 1. The first-order chi connectivity index (χ1) is 11.0. The Morgan fingerprint density at radius 2 is 2.00 bits per heavy atom. The van der Waals surface area contributed by atoms with E-state index in [9.17, 15) is 14.9 Å². The van der Waals surface area contributed by atoms with Gasteiger partial charge in [0.05, 0.1) is 21.8 Å². The number of nitrogens with one attached hydrogen (secondary N) is 1. The number of methoxy groups -OCH3 is 1. The maximum absolute atomic E-state index is 12.0. The Bertz CT molecular complexity index is 760. The molecule has 0 unspecified atom stereocenters. The van der Waals surface area contributed by atoms with Gasteiger partial charge in [0, 0.05) is 17.7 Å². The number of nitro benzene ring substituents is 1. The molecule has 0 radical (unpaired) electrons. The van der Waals surface area contributed by atoms with Gasteiger partial charge in [0.15, 0.2) is 0 Å². The van der Waals surface area contributed by atoms with Crippen LogP contribution in [0.25, 0.3) is 0 Å². The van der Waals surface area contributed by atoms with Gasteiger partial charge in [-0.15, -0.1) is 0 Å². The Labute approximate surface area is 145 Å². The van der Waals surface area contributed by atoms with Crippen molar-refractivity contribution in [3.8, 4) is 5.75 Å². The number of amides is 1. The summed E-state index contributed by atoms with van der Waals surface area (Å²) in [5.41, 5.74) is 3.49. The molecule has 0 bridgehead atoms. The van der Waals surface area contributed by atoms with Crippen molar-refractivity contribution >= 4 is 40.4 Å². The molecule has 2 aromatic rings. The van der Waals surface area contributed by atoms with E-state index in [1.807, 2.05) is 0 Å². The van der Waals surface area contributed by atoms with Crippen LogP contribution < -0.4 is 10.2 Å². The highest BCUT2D eigenvalue weighted by molar-refractivity contribution is 14.1. The van der Waals surface area contributed by atoms with E-state index < -0.39 is 4.92 Å². The van der Waals surface area contributed by atoms with Gasteiger partial charge in [-0.2, -0.15) is 5.10 Å². The lowest BCUT2D eigenvalue weighted by Crippen LogP contribution is -2.17. The molecule has 1 N–H and O–H groups in total. The second kappa shape index (κ2) is 7.68. The van der Waals surface area contributed by atoms with E-state index in [0.29, 0.717) is 16.9 Å². The number of carbonyl (C=O) groups is 1. The first kappa shape index (κ1) is 16.9. The Kier molecular flexibility index (Phi) is 5.63. The van der Waals surface area contributed by atoms with Crippen LogP contribution in [0, 0.1) is 13.7 Å². The number of hydrogen-bond acceptors (Lipinski definition) is 5. The van der Waals surface area contributed by atoms with Crippen molar-refractivity contribution in [2.75, 3.05) is 7.11 Å². The summed E-state index contributed by atoms with van der Waals surface area (Å²) in [5.74, 6) is 0.334. The molecule has 0 saturated carbocycles. The Balaban J connectivity index is 2.00. The summed E-state index contributed by atoms with van der Waals surface area (Å²) in [5, 5.41) is 14.4. The maximum Gasteiger partial charge on any atom is 0.271 e. The smallest absolute Gasteiger partial charge is 0.271 e. The van der Waals surface area contributed by atoms with E-state index >= 15 is 0 Å². The first-order valence-electron chi connectivity index (χ1n) is 6.42. The molecule has 23 heavy (non-hydrogen) atoms. The number of hydrogen-bond donors (Lipinski definition) is 1. The molecular weight excluding hydrogens is 413 g/mol. The summed E-state index contributed by atoms with van der Waals surface area (Å²) in [6, 6.07) is 10.9. The van der Waals surface area contributed by atoms with Crippen molar-refractivity contribution in [1.82, 2.24) is 5.43 Å². The van der Waals surface area contributed by atoms with Gasteiger partial charge in [0.2, 0.25) is 0 Å². The Hall–Kier alpha value is -2.49. The van der Waals surface area contributed by atoms with Crippen LogP contribution in [0.5, 0.6) is 5.75 Å². The van der Waals surface area contributed by atoms with E-state index in [2.05, 4.69) is 33.1 Å². The number of nitro groups is 1. The first-order valence-corrected chi connectivity index (χ1v) is 7.50. The molecule has 0 aliphatic rings. The van der Waals surface area contributed by atoms with Crippen LogP contribution in [0.3, 0.4) is 0 Å². The summed E-state index contributed by atoms with van der Waals surface area (Å²) < 4.78 is 5.95. The molecule has 7 nitrogen and oxygen atoms in total. The predicted molar refractivity (Wildman–Crippen MR) is 93.9 cm³/mol. The van der Waals surface area contributed by atoms with Crippen LogP contribution in [0.2, 0.25) is 0 Å². The fraction of sp³-hybridized carbons (Fsp3) is 0.0667. The van der Waals surface area contributed by atoms with Crippen molar-refractivity contribution in [1.29, 1.82) is 0 Å². The number of ether oxygens (including phenoxy) is 1. The molecule has 0 atom stereocenters. The number of non-ortho nitro benzene ring substituents is 1. The minimum atomic E-state index is -0.478. The normalized spacial score (nSPS) is 10.5. The highest BCUT2D eigenvalue weighted by Gasteiger charge is 2.08. The fourth-order valence-electron chi connectivity index (χ4n) is 1.72. The summed E-state index contributed by atoms with van der Waals surface area (Å²) in [7, 11) is 1.56. The third-order valence-electron chi connectivity index (χ3n) is 2.90. The van der Waals surface area contributed by atoms with Gasteiger partial charge < -0.3 is 4.74 Å². The highest BCUT2D eigenvalue weighted by Crippen LogP contribution is 2.21. The number of benzene rings is 2. The van der Waals surface area contributed by atoms with Gasteiger partial charge in [0.25, 0.3) is 11.6 Å². The largest absolute Gasteiger partial charge is 0.496 e. The molecule has 0 aromatic heterocycles. The van der Waals surface area contributed by atoms with Gasteiger partial charge >= 0.3 is 0 Å². The number of halogens is 1. The molecular formula is C15H12IN3O4. The molecule has 1 amide bonds. The average molecular weight is 425 g/mol. The summed E-state index contributed by atoms with van der Waals surface area (Å²) in [4.78, 5) is 22.0. The number of nitrogens with zero attached hydrogens (tertiary/aromatic N) is 2. The molecule has 0 spiro atoms. The number of rotatable bonds is 5. The van der Waals surface area contributed by atoms with E-state index in [-0.39, 0.29) is 11.6 Å². The summed E-state index contributed by atoms with van der Waals surface area (Å²) in [6.45, 7) is 0. The highest BCUT2D eigenvalue weighted by atomic mass is 127. The molecule has 118 valence electrons. The minimum absolute atomic E-state index is 0.000932. The topological polar surface area (TPSA) is 93.8 Å². The third-order valence-corrected chi connectivity index (χ3v) is 3.74. The van der Waals surface area contributed by atoms with Crippen molar-refractivity contribution in [2.24, 2.45) is 5.10 Å². The predicted octanol–water partition coefficient (Wildman–Crippen LogP) is 2.97. The van der Waals surface area contributed by atoms with Crippen LogP contribution in [-0.4, -0.2) is 24.2 Å². The third kappa shape index (κ3) is 4.49. The zero-order valence-corrected chi connectivity index (χ0v) is 14.2. The van der Waals surface area contributed by atoms with Gasteiger partial charge in [-0.1, -0.05) is 0 Å². The van der Waals surface area contributed by atoms with E-state index in [1.165, 1.54) is 18.3 Å². The van der Waals surface area contributed by atoms with E-state index in [0.717, 1.165) is 3.57 Å². The monoisotopic (exact) mass is 425 g/mol. The summed E-state index contributed by atoms with van der Waals surface area (Å²) >= 11 is 2.08. The van der Waals surface area contributed by atoms with Crippen molar-refractivity contribution in [3.05, 3.63) is 67.3 Å². The van der Waals surface area contributed by atoms with Crippen molar-refractivity contribution in [3.63, 3.8) is 0 Å². The van der Waals surface area contributed by atoms with Crippen LogP contribution in [0.15, 0.2) is 47.6 Å². The van der Waals surface area contributed by atoms with Crippen molar-refractivity contribution in [2.45, 2.75) is 0 Å². The maximum atomic E-state index is 12.0. The molecule has 2 rings (SSSR count). The fourth-order valence-corrected chi connectivity index (χ4v) is 2.46. The quantitative estimate of drug-likeness (QED) is 0.345. The van der Waals surface area contributed by atoms with E-state index in [1.54, 1.807) is 37.4 Å². The molecule has 2 aromatic carbocycles. The molecule has 8 heteroatoms. The molecule has 0 heterocycles. The second-order valence-electron chi connectivity index (χ2n) is 4.40. The Morgan fingerprint density at radius 3 is 2.57 bits per heavy atom. The Morgan fingerprint density at radius 1 is 1.30 bits per heavy atom. The lowest BCUT2D eigenvalue weighted by Gasteiger charge is -2.05. The lowest BCUT2D eigenvalue weighted by molar-refractivity contribution is -0.384. The van der Waals surface area contributed by atoms with Crippen LogP contribution >= 0.6 is 22.6 Å². The molecule has 0 aliphatic carbocycles. The standard InChI is InChI=1S/C15H12IN3O4/c1-23-14-7-4-11(8-13(14)16)15(20)18-17-9-10-2-5-12(6-3-10)19(21)22/h2-9H,1H3,(H,18,20). The molecule has 0 fully saturated rings. The van der Waals surface area contributed by atoms with Gasteiger partial charge in [0.1, 0.15) is 5.75 Å². The van der Waals surface area contributed by atoms with Gasteiger partial charge in [-0.05, 0) is 58.5 Å². The zero-order chi connectivity index (χ0) is 16.8. The van der Waals surface area contributed by atoms with Crippen molar-refractivity contribution < 1.29 is 14.5 Å². The molecule has 0 saturated heterocycles. The van der Waals surface area contributed by atoms with Gasteiger partial charge in [-0.3, -0.25) is 14.9 Å². The minimum Gasteiger partial charge on any atom is -0.496 e. The zero-order valence-electron chi connectivity index (χ0n) is 12.0. The van der Waals surface area contributed by atoms with Crippen LogP contribution in [0.4, 0.5) is 5.69 Å². The summed E-state index contributed by atoms with van der Waals surface area (Å²) in [6.07, 6.45) is 1.41. The van der Waals surface area contributed by atoms with Gasteiger partial charge in [-0.25, -0.2) is 5.43 Å². The SMILES string of the molecule is COc1ccc(C(=O)NN=Cc2ccc([N+](=O)[O-])cc2)cc1I. The average Bonchev–Trinajstić information content (AvgIpc) is 2.55. The molecule has 0 aliphatic heterocycles. The van der Waals surface area contributed by atoms with Crippen LogP contribution in [-0.2, 0) is 0 Å². The van der Waals surface area contributed by atoms with E-state index in [4.69, 9.17) is 4.74 Å². The number of hydrazone groups is 1. The van der Waals surface area contributed by atoms with Crippen LogP contribution in [0.1, 0.15) is 15.9 Å². The lowest BCUT2D eigenvalue weighted by atomic mass is 10.2.